The standard InChI is InChI=1S/C15H21F3N4O2/c16-15(17,18)14-11(22-4-2-1-3-13(22)20-14)9-21-5-6-24-10(8-21)7-12(19)23/h10H,1-9H2,(H2,19,23). The number of carbonyl (C=O) groups excluding carboxylic acids is 1. The topological polar surface area (TPSA) is 73.4 Å². The van der Waals surface area contributed by atoms with Crippen molar-refractivity contribution in [2.24, 2.45) is 5.73 Å². The van der Waals surface area contributed by atoms with E-state index in [4.69, 9.17) is 10.5 Å². The Morgan fingerprint density at radius 1 is 1.33 bits per heavy atom. The number of hydrogen-bond donors (Lipinski definition) is 1. The molecule has 3 rings (SSSR count). The van der Waals surface area contributed by atoms with Crippen LogP contribution in [0.4, 0.5) is 13.2 Å². The zero-order valence-electron chi connectivity index (χ0n) is 13.3. The van der Waals surface area contributed by atoms with Gasteiger partial charge in [0.15, 0.2) is 5.69 Å². The summed E-state index contributed by atoms with van der Waals surface area (Å²) in [4.78, 5) is 16.8. The monoisotopic (exact) mass is 346 g/mol. The molecule has 24 heavy (non-hydrogen) atoms. The van der Waals surface area contributed by atoms with Crippen LogP contribution in [0.15, 0.2) is 0 Å². The second kappa shape index (κ2) is 6.72. The van der Waals surface area contributed by atoms with E-state index in [1.54, 1.807) is 4.57 Å². The molecular weight excluding hydrogens is 325 g/mol. The van der Waals surface area contributed by atoms with Crippen LogP contribution in [0, 0.1) is 0 Å². The van der Waals surface area contributed by atoms with Crippen LogP contribution in [0.5, 0.6) is 0 Å². The number of amides is 1. The summed E-state index contributed by atoms with van der Waals surface area (Å²) < 4.78 is 47.2. The van der Waals surface area contributed by atoms with Crippen molar-refractivity contribution in [3.63, 3.8) is 0 Å². The predicted molar refractivity (Wildman–Crippen MR) is 79.0 cm³/mol. The van der Waals surface area contributed by atoms with Crippen LogP contribution < -0.4 is 5.73 Å². The summed E-state index contributed by atoms with van der Waals surface area (Å²) >= 11 is 0. The van der Waals surface area contributed by atoms with Gasteiger partial charge in [-0.05, 0) is 12.8 Å². The van der Waals surface area contributed by atoms with Crippen LogP contribution in [-0.2, 0) is 35.2 Å². The summed E-state index contributed by atoms with van der Waals surface area (Å²) in [6, 6.07) is 0. The van der Waals surface area contributed by atoms with Crippen LogP contribution in [0.25, 0.3) is 0 Å². The van der Waals surface area contributed by atoms with Gasteiger partial charge in [-0.2, -0.15) is 13.2 Å². The molecular formula is C15H21F3N4O2. The number of aryl methyl sites for hydroxylation is 1. The molecule has 1 unspecified atom stereocenters. The average molecular weight is 346 g/mol. The van der Waals surface area contributed by atoms with Gasteiger partial charge in [-0.3, -0.25) is 9.69 Å². The number of imidazole rings is 1. The van der Waals surface area contributed by atoms with Crippen molar-refractivity contribution in [1.29, 1.82) is 0 Å². The highest BCUT2D eigenvalue weighted by Crippen LogP contribution is 2.34. The van der Waals surface area contributed by atoms with E-state index < -0.39 is 17.8 Å². The second-order valence-electron chi connectivity index (χ2n) is 6.33. The quantitative estimate of drug-likeness (QED) is 0.892. The maximum Gasteiger partial charge on any atom is 0.435 e. The highest BCUT2D eigenvalue weighted by molar-refractivity contribution is 5.74. The Bertz CT molecular complexity index is 615. The summed E-state index contributed by atoms with van der Waals surface area (Å²) in [5.41, 5.74) is 4.62. The fourth-order valence-corrected chi connectivity index (χ4v) is 3.42. The zero-order chi connectivity index (χ0) is 17.3. The number of alkyl halides is 3. The number of fused-ring (bicyclic) bond motifs is 1. The summed E-state index contributed by atoms with van der Waals surface area (Å²) in [5.74, 6) is 0.0464. The molecule has 0 radical (unpaired) electrons. The molecule has 1 amide bonds. The maximum absolute atomic E-state index is 13.4. The van der Waals surface area contributed by atoms with Crippen molar-refractivity contribution in [3.05, 3.63) is 17.2 Å². The van der Waals surface area contributed by atoms with Crippen molar-refractivity contribution in [1.82, 2.24) is 14.5 Å². The van der Waals surface area contributed by atoms with Crippen molar-refractivity contribution in [3.8, 4) is 0 Å². The number of hydrogen-bond acceptors (Lipinski definition) is 4. The van der Waals surface area contributed by atoms with E-state index in [0.717, 1.165) is 12.8 Å². The SMILES string of the molecule is NC(=O)CC1CN(Cc2c(C(F)(F)F)nc3n2CCCC3)CCO1. The minimum absolute atomic E-state index is 0.0765. The van der Waals surface area contributed by atoms with Gasteiger partial charge in [0.25, 0.3) is 0 Å². The summed E-state index contributed by atoms with van der Waals surface area (Å²) in [7, 11) is 0. The third kappa shape index (κ3) is 3.72. The number of carbonyl (C=O) groups is 1. The predicted octanol–water partition coefficient (Wildman–Crippen LogP) is 1.31. The molecule has 134 valence electrons. The highest BCUT2D eigenvalue weighted by atomic mass is 19.4. The van der Waals surface area contributed by atoms with Crippen molar-refractivity contribution >= 4 is 5.91 Å². The first kappa shape index (κ1) is 17.2. The average Bonchev–Trinajstić information content (AvgIpc) is 2.86. The van der Waals surface area contributed by atoms with Crippen LogP contribution >= 0.6 is 0 Å². The fraction of sp³-hybridized carbons (Fsp3) is 0.733. The molecule has 1 aromatic rings. The normalized spacial score (nSPS) is 22.4. The van der Waals surface area contributed by atoms with Crippen LogP contribution in [0.3, 0.4) is 0 Å². The molecule has 3 heterocycles. The van der Waals surface area contributed by atoms with Gasteiger partial charge < -0.3 is 15.0 Å². The highest BCUT2D eigenvalue weighted by Gasteiger charge is 2.40. The summed E-state index contributed by atoms with van der Waals surface area (Å²) in [5, 5.41) is 0. The Labute approximate surface area is 137 Å². The molecule has 9 heteroatoms. The molecule has 1 aromatic heterocycles. The molecule has 1 saturated heterocycles. The number of ether oxygens (including phenoxy) is 1. The molecule has 2 aliphatic heterocycles. The molecule has 2 aliphatic rings. The summed E-state index contributed by atoms with van der Waals surface area (Å²) in [6.07, 6.45) is -2.44. The lowest BCUT2D eigenvalue weighted by atomic mass is 10.1. The van der Waals surface area contributed by atoms with Crippen molar-refractivity contribution in [2.75, 3.05) is 19.7 Å². The van der Waals surface area contributed by atoms with Crippen LogP contribution in [-0.4, -0.2) is 46.2 Å². The lowest BCUT2D eigenvalue weighted by Crippen LogP contribution is -2.44. The molecule has 0 saturated carbocycles. The third-order valence-electron chi connectivity index (χ3n) is 4.48. The van der Waals surface area contributed by atoms with Gasteiger partial charge in [0.1, 0.15) is 5.82 Å². The number of primary amides is 1. The first-order valence-electron chi connectivity index (χ1n) is 8.12. The lowest BCUT2D eigenvalue weighted by molar-refractivity contribution is -0.142. The molecule has 2 N–H and O–H groups in total. The number of halogens is 3. The Morgan fingerprint density at radius 3 is 2.83 bits per heavy atom. The van der Waals surface area contributed by atoms with Gasteiger partial charge in [0.2, 0.25) is 5.91 Å². The van der Waals surface area contributed by atoms with E-state index in [2.05, 4.69) is 4.98 Å². The number of rotatable bonds is 4. The van der Waals surface area contributed by atoms with E-state index in [9.17, 15) is 18.0 Å². The van der Waals surface area contributed by atoms with Gasteiger partial charge in [-0.15, -0.1) is 0 Å². The third-order valence-corrected chi connectivity index (χ3v) is 4.48. The largest absolute Gasteiger partial charge is 0.435 e. The Hall–Kier alpha value is -1.61. The van der Waals surface area contributed by atoms with Gasteiger partial charge in [0, 0.05) is 32.6 Å². The summed E-state index contributed by atoms with van der Waals surface area (Å²) in [6.45, 7) is 2.01. The minimum atomic E-state index is -4.46. The number of morpholine rings is 1. The minimum Gasteiger partial charge on any atom is -0.375 e. The Balaban J connectivity index is 1.81. The first-order valence-corrected chi connectivity index (χ1v) is 8.12. The zero-order valence-corrected chi connectivity index (χ0v) is 13.3. The second-order valence-corrected chi connectivity index (χ2v) is 6.33. The van der Waals surface area contributed by atoms with Gasteiger partial charge >= 0.3 is 6.18 Å². The van der Waals surface area contributed by atoms with Gasteiger partial charge in [-0.25, -0.2) is 4.98 Å². The molecule has 6 nitrogen and oxygen atoms in total. The van der Waals surface area contributed by atoms with Crippen molar-refractivity contribution < 1.29 is 22.7 Å². The van der Waals surface area contributed by atoms with E-state index in [1.807, 2.05) is 4.90 Å². The first-order chi connectivity index (χ1) is 11.3. The Morgan fingerprint density at radius 2 is 2.12 bits per heavy atom. The number of aromatic nitrogens is 2. The number of nitrogens with zero attached hydrogens (tertiary/aromatic N) is 3. The fourth-order valence-electron chi connectivity index (χ4n) is 3.42. The van der Waals surface area contributed by atoms with Crippen molar-refractivity contribution in [2.45, 2.75) is 51.1 Å². The van der Waals surface area contributed by atoms with Gasteiger partial charge in [0.05, 0.1) is 24.8 Å². The van der Waals surface area contributed by atoms with Gasteiger partial charge in [-0.1, -0.05) is 0 Å². The molecule has 0 spiro atoms. The molecule has 1 atom stereocenters. The van der Waals surface area contributed by atoms with E-state index >= 15 is 0 Å². The van der Waals surface area contributed by atoms with Crippen LogP contribution in [0.1, 0.15) is 36.5 Å². The molecule has 0 aliphatic carbocycles. The molecule has 0 bridgehead atoms. The smallest absolute Gasteiger partial charge is 0.375 e. The molecule has 1 fully saturated rings. The van der Waals surface area contributed by atoms with E-state index in [-0.39, 0.29) is 24.8 Å². The number of nitrogens with two attached hydrogens (primary N) is 1. The van der Waals surface area contributed by atoms with E-state index in [0.29, 0.717) is 38.5 Å². The van der Waals surface area contributed by atoms with Crippen LogP contribution in [0.2, 0.25) is 0 Å². The molecule has 0 aromatic carbocycles. The Kier molecular flexibility index (Phi) is 4.82. The lowest BCUT2D eigenvalue weighted by Gasteiger charge is -2.33. The maximum atomic E-state index is 13.4. The van der Waals surface area contributed by atoms with E-state index in [1.165, 1.54) is 0 Å².